The number of benzene rings is 1. The molecule has 1 aromatic carbocycles. The Bertz CT molecular complexity index is 465. The van der Waals surface area contributed by atoms with Crippen molar-refractivity contribution in [2.24, 2.45) is 5.92 Å². The van der Waals surface area contributed by atoms with E-state index in [1.807, 2.05) is 0 Å². The van der Waals surface area contributed by atoms with E-state index in [4.69, 9.17) is 11.6 Å². The largest absolute Gasteiger partial charge is 0.381 e. The summed E-state index contributed by atoms with van der Waals surface area (Å²) in [5.74, 6) is 0.667. The average Bonchev–Trinajstić information content (AvgIpc) is 2.41. The number of nitro groups is 1. The molecule has 0 aromatic heterocycles. The lowest BCUT2D eigenvalue weighted by Gasteiger charge is -2.32. The molecule has 104 valence electrons. The van der Waals surface area contributed by atoms with E-state index in [2.05, 4.69) is 12.2 Å². The van der Waals surface area contributed by atoms with Gasteiger partial charge in [0.25, 0.3) is 5.69 Å². The predicted octanol–water partition coefficient (Wildman–Crippen LogP) is 4.63. The molecule has 0 heterocycles. The first kappa shape index (κ1) is 14.1. The Balaban J connectivity index is 2.11. The monoisotopic (exact) mass is 282 g/mol. The molecule has 1 aliphatic carbocycles. The number of halogens is 1. The first-order chi connectivity index (χ1) is 9.11. The molecule has 1 saturated carbocycles. The van der Waals surface area contributed by atoms with Gasteiger partial charge in [-0.2, -0.15) is 0 Å². The predicted molar refractivity (Wildman–Crippen MR) is 77.8 cm³/mol. The summed E-state index contributed by atoms with van der Waals surface area (Å²) in [4.78, 5) is 10.3. The van der Waals surface area contributed by atoms with Crippen LogP contribution in [0.15, 0.2) is 18.2 Å². The van der Waals surface area contributed by atoms with Crippen LogP contribution in [0.3, 0.4) is 0 Å². The molecule has 0 aliphatic heterocycles. The van der Waals surface area contributed by atoms with Gasteiger partial charge >= 0.3 is 0 Å². The topological polar surface area (TPSA) is 55.2 Å². The van der Waals surface area contributed by atoms with Gasteiger partial charge in [-0.25, -0.2) is 0 Å². The minimum Gasteiger partial charge on any atom is -0.381 e. The van der Waals surface area contributed by atoms with Crippen LogP contribution in [-0.4, -0.2) is 11.0 Å². The zero-order valence-electron chi connectivity index (χ0n) is 11.1. The number of anilines is 1. The van der Waals surface area contributed by atoms with Crippen LogP contribution in [0.1, 0.15) is 39.0 Å². The van der Waals surface area contributed by atoms with Gasteiger partial charge in [0.1, 0.15) is 0 Å². The highest BCUT2D eigenvalue weighted by molar-refractivity contribution is 6.33. The van der Waals surface area contributed by atoms with Crippen molar-refractivity contribution < 1.29 is 4.92 Å². The molecular formula is C14H19ClN2O2. The molecule has 0 radical (unpaired) electrons. The van der Waals surface area contributed by atoms with Crippen molar-refractivity contribution in [2.45, 2.75) is 45.1 Å². The zero-order valence-corrected chi connectivity index (χ0v) is 11.8. The number of rotatable bonds is 4. The van der Waals surface area contributed by atoms with Crippen molar-refractivity contribution in [1.82, 2.24) is 0 Å². The quantitative estimate of drug-likeness (QED) is 0.647. The first-order valence-corrected chi connectivity index (χ1v) is 7.20. The van der Waals surface area contributed by atoms with Crippen molar-refractivity contribution in [1.29, 1.82) is 0 Å². The maximum Gasteiger partial charge on any atom is 0.271 e. The normalized spacial score (nSPS) is 23.1. The van der Waals surface area contributed by atoms with E-state index in [-0.39, 0.29) is 5.69 Å². The van der Waals surface area contributed by atoms with Gasteiger partial charge in [0, 0.05) is 18.2 Å². The van der Waals surface area contributed by atoms with E-state index in [1.165, 1.54) is 31.4 Å². The summed E-state index contributed by atoms with van der Waals surface area (Å²) in [6.07, 6.45) is 6.08. The van der Waals surface area contributed by atoms with Gasteiger partial charge in [-0.15, -0.1) is 0 Å². The van der Waals surface area contributed by atoms with Gasteiger partial charge in [-0.3, -0.25) is 10.1 Å². The molecule has 1 aromatic rings. The Kier molecular flexibility index (Phi) is 4.64. The highest BCUT2D eigenvalue weighted by Gasteiger charge is 2.24. The highest BCUT2D eigenvalue weighted by atomic mass is 35.5. The van der Waals surface area contributed by atoms with E-state index in [9.17, 15) is 10.1 Å². The van der Waals surface area contributed by atoms with Crippen LogP contribution in [0.2, 0.25) is 5.02 Å². The maximum atomic E-state index is 10.7. The third-order valence-corrected chi connectivity index (χ3v) is 4.25. The second-order valence-corrected chi connectivity index (χ2v) is 5.53. The molecule has 1 N–H and O–H groups in total. The van der Waals surface area contributed by atoms with Crippen LogP contribution < -0.4 is 5.32 Å². The van der Waals surface area contributed by atoms with Crippen molar-refractivity contribution >= 4 is 23.0 Å². The van der Waals surface area contributed by atoms with Crippen LogP contribution in [0.4, 0.5) is 11.4 Å². The van der Waals surface area contributed by atoms with E-state index in [0.29, 0.717) is 17.0 Å². The van der Waals surface area contributed by atoms with E-state index >= 15 is 0 Å². The van der Waals surface area contributed by atoms with Crippen molar-refractivity contribution in [2.75, 3.05) is 5.32 Å². The fourth-order valence-electron chi connectivity index (χ4n) is 2.82. The molecule has 2 rings (SSSR count). The lowest BCUT2D eigenvalue weighted by molar-refractivity contribution is -0.384. The Morgan fingerprint density at radius 3 is 2.79 bits per heavy atom. The first-order valence-electron chi connectivity index (χ1n) is 6.82. The SMILES string of the molecule is CCC1CCCCC1Nc1ccc([N+](=O)[O-])cc1Cl. The van der Waals surface area contributed by atoms with E-state index in [0.717, 1.165) is 18.5 Å². The second kappa shape index (κ2) is 6.24. The lowest BCUT2D eigenvalue weighted by atomic mass is 9.83. The third kappa shape index (κ3) is 3.38. The molecule has 1 fully saturated rings. The Morgan fingerprint density at radius 2 is 2.16 bits per heavy atom. The number of non-ortho nitro benzene ring substituents is 1. The average molecular weight is 283 g/mol. The van der Waals surface area contributed by atoms with Crippen molar-refractivity contribution in [3.8, 4) is 0 Å². The molecule has 0 saturated heterocycles. The summed E-state index contributed by atoms with van der Waals surface area (Å²) in [5.41, 5.74) is 0.837. The van der Waals surface area contributed by atoms with Gasteiger partial charge in [0.05, 0.1) is 15.6 Å². The molecule has 2 atom stereocenters. The number of nitrogens with zero attached hydrogens (tertiary/aromatic N) is 1. The molecule has 5 heteroatoms. The van der Waals surface area contributed by atoms with Gasteiger partial charge < -0.3 is 5.32 Å². The highest BCUT2D eigenvalue weighted by Crippen LogP contribution is 2.33. The molecule has 4 nitrogen and oxygen atoms in total. The van der Waals surface area contributed by atoms with Crippen molar-refractivity contribution in [3.63, 3.8) is 0 Å². The maximum absolute atomic E-state index is 10.7. The van der Waals surface area contributed by atoms with Gasteiger partial charge in [-0.1, -0.05) is 37.8 Å². The van der Waals surface area contributed by atoms with Crippen LogP contribution in [-0.2, 0) is 0 Å². The number of hydrogen-bond acceptors (Lipinski definition) is 3. The molecule has 19 heavy (non-hydrogen) atoms. The minimum absolute atomic E-state index is 0.0336. The molecule has 0 bridgehead atoms. The summed E-state index contributed by atoms with van der Waals surface area (Å²) < 4.78 is 0. The van der Waals surface area contributed by atoms with E-state index < -0.39 is 4.92 Å². The Hall–Kier alpha value is -1.29. The summed E-state index contributed by atoms with van der Waals surface area (Å²) in [5, 5.41) is 14.6. The summed E-state index contributed by atoms with van der Waals surface area (Å²) in [6.45, 7) is 2.21. The summed E-state index contributed by atoms with van der Waals surface area (Å²) in [6, 6.07) is 5.05. The molecule has 0 amide bonds. The van der Waals surface area contributed by atoms with Crippen LogP contribution in [0, 0.1) is 16.0 Å². The number of nitro benzene ring substituents is 1. The second-order valence-electron chi connectivity index (χ2n) is 5.12. The Labute approximate surface area is 118 Å². The van der Waals surface area contributed by atoms with Crippen LogP contribution in [0.25, 0.3) is 0 Å². The minimum atomic E-state index is -0.425. The summed E-state index contributed by atoms with van der Waals surface area (Å²) >= 11 is 6.12. The van der Waals surface area contributed by atoms with Gasteiger partial charge in [0.2, 0.25) is 0 Å². The fourth-order valence-corrected chi connectivity index (χ4v) is 3.05. The third-order valence-electron chi connectivity index (χ3n) is 3.94. The lowest BCUT2D eigenvalue weighted by Crippen LogP contribution is -2.31. The number of nitrogens with one attached hydrogen (secondary N) is 1. The fraction of sp³-hybridized carbons (Fsp3) is 0.571. The molecule has 2 unspecified atom stereocenters. The molecular weight excluding hydrogens is 264 g/mol. The number of hydrogen-bond donors (Lipinski definition) is 1. The standard InChI is InChI=1S/C14H19ClN2O2/c1-2-10-5-3-4-6-13(10)16-14-8-7-11(17(18)19)9-12(14)15/h7-10,13,16H,2-6H2,1H3. The Morgan fingerprint density at radius 1 is 1.42 bits per heavy atom. The molecule has 0 spiro atoms. The van der Waals surface area contributed by atoms with Crippen LogP contribution in [0.5, 0.6) is 0 Å². The molecule has 1 aliphatic rings. The van der Waals surface area contributed by atoms with Gasteiger partial charge in [0.15, 0.2) is 0 Å². The van der Waals surface area contributed by atoms with Gasteiger partial charge in [-0.05, 0) is 24.8 Å². The van der Waals surface area contributed by atoms with E-state index in [1.54, 1.807) is 6.07 Å². The zero-order chi connectivity index (χ0) is 13.8. The smallest absolute Gasteiger partial charge is 0.271 e. The summed E-state index contributed by atoms with van der Waals surface area (Å²) in [7, 11) is 0. The van der Waals surface area contributed by atoms with Crippen molar-refractivity contribution in [3.05, 3.63) is 33.3 Å². The van der Waals surface area contributed by atoms with Crippen LogP contribution >= 0.6 is 11.6 Å².